The van der Waals surface area contributed by atoms with Crippen molar-refractivity contribution in [1.82, 2.24) is 25.3 Å². The van der Waals surface area contributed by atoms with Crippen molar-refractivity contribution < 1.29 is 9.84 Å². The van der Waals surface area contributed by atoms with Gasteiger partial charge in [-0.05, 0) is 24.3 Å². The minimum absolute atomic E-state index is 0.0253. The molecule has 5 rings (SSSR count). The monoisotopic (exact) mass is 443 g/mol. The van der Waals surface area contributed by atoms with Crippen LogP contribution in [0.3, 0.4) is 0 Å². The number of piperazine rings is 1. The van der Waals surface area contributed by atoms with Crippen molar-refractivity contribution in [2.75, 3.05) is 43.6 Å². The van der Waals surface area contributed by atoms with Crippen molar-refractivity contribution in [3.63, 3.8) is 0 Å². The number of methoxy groups -OCH3 is 1. The predicted octanol–water partition coefficient (Wildman–Crippen LogP) is 2.61. The maximum absolute atomic E-state index is 9.68. The summed E-state index contributed by atoms with van der Waals surface area (Å²) in [5.41, 5.74) is 2.48. The first-order valence-electron chi connectivity index (χ1n) is 10.8. The van der Waals surface area contributed by atoms with E-state index in [9.17, 15) is 5.11 Å². The van der Waals surface area contributed by atoms with Gasteiger partial charge in [-0.15, -0.1) is 0 Å². The maximum Gasteiger partial charge on any atom is 0.162 e. The molecule has 9 heteroatoms. The molecule has 1 atom stereocenters. The standard InChI is InChI=1S/C24H25N7O2/c1-33-20-13-25-12-19-22(20)24(31-10-9-26-18(14-31)15-32)30-23(29-19)16-7-8-27-21(11-16)28-17-5-3-2-4-6-17/h2-8,11-13,18,26,32H,9-10,14-15H2,1H3,(H,27,28)/t18-/m1/s1. The summed E-state index contributed by atoms with van der Waals surface area (Å²) in [6.07, 6.45) is 5.14. The van der Waals surface area contributed by atoms with E-state index in [2.05, 4.69) is 25.5 Å². The van der Waals surface area contributed by atoms with Crippen LogP contribution in [0, 0.1) is 0 Å². The number of aliphatic hydroxyl groups excluding tert-OH is 1. The molecule has 0 unspecified atom stereocenters. The van der Waals surface area contributed by atoms with Crippen LogP contribution in [0.2, 0.25) is 0 Å². The number of rotatable bonds is 6. The summed E-state index contributed by atoms with van der Waals surface area (Å²) in [6.45, 7) is 2.19. The van der Waals surface area contributed by atoms with Gasteiger partial charge in [0.2, 0.25) is 0 Å². The van der Waals surface area contributed by atoms with Gasteiger partial charge in [0.05, 0.1) is 37.0 Å². The SMILES string of the molecule is COc1cncc2nc(-c3ccnc(Nc4ccccc4)c3)nc(N3CCN[C@@H](CO)C3)c12. The largest absolute Gasteiger partial charge is 0.494 e. The summed E-state index contributed by atoms with van der Waals surface area (Å²) >= 11 is 0. The zero-order valence-electron chi connectivity index (χ0n) is 18.3. The number of aliphatic hydroxyl groups is 1. The number of hydrogen-bond donors (Lipinski definition) is 3. The quantitative estimate of drug-likeness (QED) is 0.414. The van der Waals surface area contributed by atoms with Crippen LogP contribution in [-0.2, 0) is 0 Å². The molecule has 4 aromatic rings. The second kappa shape index (κ2) is 9.35. The van der Waals surface area contributed by atoms with E-state index in [0.717, 1.165) is 35.5 Å². The van der Waals surface area contributed by atoms with Gasteiger partial charge < -0.3 is 25.4 Å². The number of benzene rings is 1. The fourth-order valence-electron chi connectivity index (χ4n) is 4.00. The summed E-state index contributed by atoms with van der Waals surface area (Å²) < 4.78 is 5.59. The highest BCUT2D eigenvalue weighted by Crippen LogP contribution is 2.34. The highest BCUT2D eigenvalue weighted by atomic mass is 16.5. The van der Waals surface area contributed by atoms with Crippen LogP contribution < -0.4 is 20.3 Å². The smallest absolute Gasteiger partial charge is 0.162 e. The highest BCUT2D eigenvalue weighted by molar-refractivity contribution is 5.95. The van der Waals surface area contributed by atoms with Crippen molar-refractivity contribution in [3.8, 4) is 17.1 Å². The molecule has 1 aromatic carbocycles. The second-order valence-corrected chi connectivity index (χ2v) is 7.81. The number of fused-ring (bicyclic) bond motifs is 1. The summed E-state index contributed by atoms with van der Waals surface area (Å²) in [4.78, 5) is 20.7. The normalized spacial score (nSPS) is 16.1. The molecular weight excluding hydrogens is 418 g/mol. The lowest BCUT2D eigenvalue weighted by atomic mass is 10.1. The van der Waals surface area contributed by atoms with E-state index in [0.29, 0.717) is 29.5 Å². The van der Waals surface area contributed by atoms with Crippen LogP contribution in [0.15, 0.2) is 61.1 Å². The van der Waals surface area contributed by atoms with Crippen LogP contribution >= 0.6 is 0 Å². The van der Waals surface area contributed by atoms with E-state index in [1.54, 1.807) is 25.7 Å². The Bertz CT molecular complexity index is 1250. The number of aromatic nitrogens is 4. The molecule has 9 nitrogen and oxygen atoms in total. The van der Waals surface area contributed by atoms with Gasteiger partial charge in [0, 0.05) is 43.1 Å². The molecule has 0 bridgehead atoms. The van der Waals surface area contributed by atoms with E-state index in [1.165, 1.54) is 0 Å². The molecule has 3 aromatic heterocycles. The number of nitrogens with one attached hydrogen (secondary N) is 2. The van der Waals surface area contributed by atoms with Crippen LogP contribution in [-0.4, -0.2) is 64.4 Å². The molecule has 33 heavy (non-hydrogen) atoms. The van der Waals surface area contributed by atoms with Gasteiger partial charge in [0.1, 0.15) is 17.4 Å². The summed E-state index contributed by atoms with van der Waals surface area (Å²) in [5, 5.41) is 17.1. The van der Waals surface area contributed by atoms with Gasteiger partial charge >= 0.3 is 0 Å². The maximum atomic E-state index is 9.68. The van der Waals surface area contributed by atoms with Gasteiger partial charge in [-0.2, -0.15) is 0 Å². The Labute approximate surface area is 191 Å². The summed E-state index contributed by atoms with van der Waals surface area (Å²) in [7, 11) is 1.62. The van der Waals surface area contributed by atoms with Gasteiger partial charge in [-0.25, -0.2) is 15.0 Å². The molecule has 0 spiro atoms. The second-order valence-electron chi connectivity index (χ2n) is 7.81. The minimum Gasteiger partial charge on any atom is -0.494 e. The number of ether oxygens (including phenoxy) is 1. The minimum atomic E-state index is -0.0253. The van der Waals surface area contributed by atoms with Crippen molar-refractivity contribution in [2.45, 2.75) is 6.04 Å². The lowest BCUT2D eigenvalue weighted by Crippen LogP contribution is -2.52. The number of hydrogen-bond acceptors (Lipinski definition) is 9. The molecule has 0 radical (unpaired) electrons. The van der Waals surface area contributed by atoms with Crippen LogP contribution in [0.25, 0.3) is 22.3 Å². The van der Waals surface area contributed by atoms with Gasteiger partial charge in [0.15, 0.2) is 5.82 Å². The first-order chi connectivity index (χ1) is 16.2. The Balaban J connectivity index is 1.59. The first-order valence-corrected chi connectivity index (χ1v) is 10.8. The average Bonchev–Trinajstić information content (AvgIpc) is 2.88. The summed E-state index contributed by atoms with van der Waals surface area (Å²) in [5.74, 6) is 2.67. The molecule has 0 amide bonds. The van der Waals surface area contributed by atoms with Gasteiger partial charge in [0.25, 0.3) is 0 Å². The molecule has 1 aliphatic rings. The van der Waals surface area contributed by atoms with Gasteiger partial charge in [-0.3, -0.25) is 4.98 Å². The highest BCUT2D eigenvalue weighted by Gasteiger charge is 2.24. The van der Waals surface area contributed by atoms with Crippen LogP contribution in [0.5, 0.6) is 5.75 Å². The van der Waals surface area contributed by atoms with E-state index >= 15 is 0 Å². The Morgan fingerprint density at radius 3 is 2.88 bits per heavy atom. The van der Waals surface area contributed by atoms with Gasteiger partial charge in [-0.1, -0.05) is 18.2 Å². The fourth-order valence-corrected chi connectivity index (χ4v) is 4.00. The Morgan fingerprint density at radius 1 is 1.18 bits per heavy atom. The number of pyridine rings is 2. The van der Waals surface area contributed by atoms with E-state index in [1.807, 2.05) is 42.5 Å². The average molecular weight is 444 g/mol. The molecule has 3 N–H and O–H groups in total. The van der Waals surface area contributed by atoms with Crippen molar-refractivity contribution in [3.05, 3.63) is 61.1 Å². The van der Waals surface area contributed by atoms with Crippen molar-refractivity contribution in [1.29, 1.82) is 0 Å². The van der Waals surface area contributed by atoms with Crippen LogP contribution in [0.1, 0.15) is 0 Å². The van der Waals surface area contributed by atoms with Crippen molar-refractivity contribution >= 4 is 28.2 Å². The molecule has 1 saturated heterocycles. The number of nitrogens with zero attached hydrogens (tertiary/aromatic N) is 5. The Hall–Kier alpha value is -3.82. The summed E-state index contributed by atoms with van der Waals surface area (Å²) in [6, 6.07) is 13.7. The third-order valence-electron chi connectivity index (χ3n) is 5.61. The molecule has 1 aliphatic heterocycles. The molecule has 1 fully saturated rings. The van der Waals surface area contributed by atoms with E-state index in [4.69, 9.17) is 14.7 Å². The Morgan fingerprint density at radius 2 is 2.06 bits per heavy atom. The Kier molecular flexibility index (Phi) is 5.97. The molecule has 168 valence electrons. The predicted molar refractivity (Wildman–Crippen MR) is 128 cm³/mol. The first kappa shape index (κ1) is 21.0. The third kappa shape index (κ3) is 4.41. The van der Waals surface area contributed by atoms with E-state index in [-0.39, 0.29) is 12.6 Å². The zero-order chi connectivity index (χ0) is 22.6. The lowest BCUT2D eigenvalue weighted by molar-refractivity contribution is 0.235. The number of para-hydroxylation sites is 1. The molecule has 0 saturated carbocycles. The molecular formula is C24H25N7O2. The zero-order valence-corrected chi connectivity index (χ0v) is 18.3. The molecule has 4 heterocycles. The van der Waals surface area contributed by atoms with Crippen molar-refractivity contribution in [2.24, 2.45) is 0 Å². The molecule has 0 aliphatic carbocycles. The fraction of sp³-hybridized carbons (Fsp3) is 0.250. The topological polar surface area (TPSA) is 108 Å². The van der Waals surface area contributed by atoms with E-state index < -0.39 is 0 Å². The third-order valence-corrected chi connectivity index (χ3v) is 5.61. The number of anilines is 3. The van der Waals surface area contributed by atoms with Crippen LogP contribution in [0.4, 0.5) is 17.3 Å². The lowest BCUT2D eigenvalue weighted by Gasteiger charge is -2.34.